The Morgan fingerprint density at radius 2 is 2.00 bits per heavy atom. The van der Waals surface area contributed by atoms with Crippen LogP contribution in [0.1, 0.15) is 5.56 Å². The van der Waals surface area contributed by atoms with Gasteiger partial charge in [-0.1, -0.05) is 29.8 Å². The minimum absolute atomic E-state index is 0.622. The highest BCUT2D eigenvalue weighted by atomic mass is 35.5. The standard InChI is InChI=1S/C14H12ClN5/c1-9-5-6-12(8-13(9)15)20-14(17-18-19-20)10-3-2-4-11(16)7-10/h2-8H,16H2,1H3. The first kappa shape index (κ1) is 12.6. The second-order valence-electron chi connectivity index (χ2n) is 4.47. The third-order valence-electron chi connectivity index (χ3n) is 3.01. The van der Waals surface area contributed by atoms with Crippen LogP contribution >= 0.6 is 11.6 Å². The summed E-state index contributed by atoms with van der Waals surface area (Å²) in [7, 11) is 0. The number of tetrazole rings is 1. The van der Waals surface area contributed by atoms with Crippen molar-refractivity contribution in [2.45, 2.75) is 6.92 Å². The van der Waals surface area contributed by atoms with Gasteiger partial charge in [0.05, 0.1) is 5.69 Å². The van der Waals surface area contributed by atoms with Crippen LogP contribution in [0.15, 0.2) is 42.5 Å². The van der Waals surface area contributed by atoms with Crippen LogP contribution in [0.2, 0.25) is 5.02 Å². The normalized spacial score (nSPS) is 10.7. The molecule has 0 atom stereocenters. The number of aromatic nitrogens is 4. The van der Waals surface area contributed by atoms with Crippen molar-refractivity contribution in [3.05, 3.63) is 53.1 Å². The van der Waals surface area contributed by atoms with E-state index in [9.17, 15) is 0 Å². The van der Waals surface area contributed by atoms with E-state index >= 15 is 0 Å². The summed E-state index contributed by atoms with van der Waals surface area (Å²) in [5.74, 6) is 0.622. The highest BCUT2D eigenvalue weighted by Crippen LogP contribution is 2.24. The molecule has 3 aromatic rings. The van der Waals surface area contributed by atoms with Gasteiger partial charge in [-0.25, -0.2) is 0 Å². The first-order chi connectivity index (χ1) is 9.65. The van der Waals surface area contributed by atoms with Crippen LogP contribution in [-0.2, 0) is 0 Å². The molecule has 20 heavy (non-hydrogen) atoms. The number of nitrogens with zero attached hydrogens (tertiary/aromatic N) is 4. The fraction of sp³-hybridized carbons (Fsp3) is 0.0714. The van der Waals surface area contributed by atoms with E-state index in [2.05, 4.69) is 15.5 Å². The van der Waals surface area contributed by atoms with Gasteiger partial charge in [-0.2, -0.15) is 4.68 Å². The lowest BCUT2D eigenvalue weighted by molar-refractivity contribution is 0.791. The molecule has 5 nitrogen and oxygen atoms in total. The SMILES string of the molecule is Cc1ccc(-n2nnnc2-c2cccc(N)c2)cc1Cl. The first-order valence-corrected chi connectivity index (χ1v) is 6.44. The van der Waals surface area contributed by atoms with Gasteiger partial charge >= 0.3 is 0 Å². The number of aryl methyl sites for hydroxylation is 1. The fourth-order valence-corrected chi connectivity index (χ4v) is 2.11. The number of hydrogen-bond donors (Lipinski definition) is 1. The maximum Gasteiger partial charge on any atom is 0.187 e. The fourth-order valence-electron chi connectivity index (χ4n) is 1.93. The predicted octanol–water partition coefficient (Wildman–Crippen LogP) is 2.87. The monoisotopic (exact) mass is 285 g/mol. The summed E-state index contributed by atoms with van der Waals surface area (Å²) in [4.78, 5) is 0. The zero-order valence-electron chi connectivity index (χ0n) is 10.8. The number of halogens is 1. The van der Waals surface area contributed by atoms with Crippen molar-refractivity contribution >= 4 is 17.3 Å². The zero-order valence-corrected chi connectivity index (χ0v) is 11.5. The molecule has 0 fully saturated rings. The molecule has 0 aliphatic heterocycles. The lowest BCUT2D eigenvalue weighted by Crippen LogP contribution is -2.00. The molecule has 0 aliphatic carbocycles. The molecule has 1 heterocycles. The lowest BCUT2D eigenvalue weighted by Gasteiger charge is -2.06. The molecular weight excluding hydrogens is 274 g/mol. The van der Waals surface area contributed by atoms with Crippen LogP contribution in [0.25, 0.3) is 17.1 Å². The maximum absolute atomic E-state index is 6.15. The van der Waals surface area contributed by atoms with Crippen molar-refractivity contribution in [1.82, 2.24) is 20.2 Å². The van der Waals surface area contributed by atoms with E-state index in [1.165, 1.54) is 0 Å². The summed E-state index contributed by atoms with van der Waals surface area (Å²) in [6.07, 6.45) is 0. The molecule has 0 bridgehead atoms. The first-order valence-electron chi connectivity index (χ1n) is 6.06. The Hall–Kier alpha value is -2.40. The predicted molar refractivity (Wildman–Crippen MR) is 78.7 cm³/mol. The molecule has 3 rings (SSSR count). The van der Waals surface area contributed by atoms with Crippen LogP contribution in [0.4, 0.5) is 5.69 Å². The van der Waals surface area contributed by atoms with Crippen molar-refractivity contribution < 1.29 is 0 Å². The Kier molecular flexibility index (Phi) is 3.12. The number of hydrogen-bond acceptors (Lipinski definition) is 4. The quantitative estimate of drug-likeness (QED) is 0.735. The smallest absolute Gasteiger partial charge is 0.187 e. The summed E-state index contributed by atoms with van der Waals surface area (Å²) in [5.41, 5.74) is 9.13. The Labute approximate surface area is 121 Å². The van der Waals surface area contributed by atoms with Crippen molar-refractivity contribution in [1.29, 1.82) is 0 Å². The van der Waals surface area contributed by atoms with E-state index in [0.29, 0.717) is 16.5 Å². The molecule has 0 unspecified atom stereocenters. The van der Waals surface area contributed by atoms with Gasteiger partial charge < -0.3 is 5.73 Å². The summed E-state index contributed by atoms with van der Waals surface area (Å²) in [5, 5.41) is 12.5. The van der Waals surface area contributed by atoms with E-state index in [4.69, 9.17) is 17.3 Å². The highest BCUT2D eigenvalue weighted by molar-refractivity contribution is 6.31. The van der Waals surface area contributed by atoms with Gasteiger partial charge in [0, 0.05) is 16.3 Å². The second kappa shape index (κ2) is 4.94. The van der Waals surface area contributed by atoms with E-state index in [0.717, 1.165) is 16.8 Å². The third-order valence-corrected chi connectivity index (χ3v) is 3.42. The molecule has 2 aromatic carbocycles. The van der Waals surface area contributed by atoms with E-state index in [1.54, 1.807) is 4.68 Å². The molecule has 0 amide bonds. The molecule has 0 saturated heterocycles. The lowest BCUT2D eigenvalue weighted by atomic mass is 10.2. The molecule has 0 spiro atoms. The van der Waals surface area contributed by atoms with Gasteiger partial charge in [0.15, 0.2) is 5.82 Å². The zero-order chi connectivity index (χ0) is 14.1. The summed E-state index contributed by atoms with van der Waals surface area (Å²) in [6.45, 7) is 1.95. The Balaban J connectivity index is 2.12. The largest absolute Gasteiger partial charge is 0.399 e. The topological polar surface area (TPSA) is 69.6 Å². The molecule has 6 heteroatoms. The minimum atomic E-state index is 0.622. The van der Waals surface area contributed by atoms with E-state index in [-0.39, 0.29) is 0 Å². The van der Waals surface area contributed by atoms with Crippen molar-refractivity contribution in [2.75, 3.05) is 5.73 Å². The van der Waals surface area contributed by atoms with Gasteiger partial charge in [-0.3, -0.25) is 0 Å². The van der Waals surface area contributed by atoms with Crippen LogP contribution in [0.5, 0.6) is 0 Å². The van der Waals surface area contributed by atoms with Crippen LogP contribution in [-0.4, -0.2) is 20.2 Å². The average Bonchev–Trinajstić information content (AvgIpc) is 2.91. The van der Waals surface area contributed by atoms with Crippen molar-refractivity contribution in [2.24, 2.45) is 0 Å². The van der Waals surface area contributed by atoms with Gasteiger partial charge in [0.25, 0.3) is 0 Å². The molecule has 1 aromatic heterocycles. The highest BCUT2D eigenvalue weighted by Gasteiger charge is 2.11. The van der Waals surface area contributed by atoms with Gasteiger partial charge in [-0.15, -0.1) is 5.10 Å². The summed E-state index contributed by atoms with van der Waals surface area (Å²) >= 11 is 6.15. The second-order valence-corrected chi connectivity index (χ2v) is 4.88. The number of nitrogens with two attached hydrogens (primary N) is 1. The maximum atomic E-state index is 6.15. The molecule has 100 valence electrons. The molecule has 2 N–H and O–H groups in total. The van der Waals surface area contributed by atoms with Gasteiger partial charge in [0.2, 0.25) is 0 Å². The van der Waals surface area contributed by atoms with Crippen LogP contribution in [0.3, 0.4) is 0 Å². The molecule has 0 radical (unpaired) electrons. The average molecular weight is 286 g/mol. The van der Waals surface area contributed by atoms with Gasteiger partial charge in [-0.05, 0) is 47.2 Å². The number of anilines is 1. The number of nitrogen functional groups attached to an aromatic ring is 1. The Morgan fingerprint density at radius 3 is 2.75 bits per heavy atom. The Bertz CT molecular complexity index is 766. The van der Waals surface area contributed by atoms with Crippen LogP contribution in [0, 0.1) is 6.92 Å². The summed E-state index contributed by atoms with van der Waals surface area (Å²) in [6, 6.07) is 13.1. The summed E-state index contributed by atoms with van der Waals surface area (Å²) < 4.78 is 1.64. The van der Waals surface area contributed by atoms with E-state index in [1.807, 2.05) is 49.4 Å². The number of rotatable bonds is 2. The molecular formula is C14H12ClN5. The van der Waals surface area contributed by atoms with Crippen LogP contribution < -0.4 is 5.73 Å². The Morgan fingerprint density at radius 1 is 1.15 bits per heavy atom. The molecule has 0 saturated carbocycles. The molecule has 0 aliphatic rings. The van der Waals surface area contributed by atoms with Gasteiger partial charge in [0.1, 0.15) is 0 Å². The third kappa shape index (κ3) is 2.23. The number of benzene rings is 2. The van der Waals surface area contributed by atoms with E-state index < -0.39 is 0 Å². The van der Waals surface area contributed by atoms with Crippen molar-refractivity contribution in [3.8, 4) is 17.1 Å². The van der Waals surface area contributed by atoms with Crippen molar-refractivity contribution in [3.63, 3.8) is 0 Å². The minimum Gasteiger partial charge on any atom is -0.399 e.